The molecular weight excluding hydrogens is 442 g/mol. The minimum atomic E-state index is -1.23. The first kappa shape index (κ1) is 23.9. The summed E-state index contributed by atoms with van der Waals surface area (Å²) in [5, 5.41) is 31.3. The highest BCUT2D eigenvalue weighted by Gasteiger charge is 2.45. The average molecular weight is 474 g/mol. The molecule has 1 aliphatic rings. The number of rotatable bonds is 10. The maximum absolute atomic E-state index is 10.7. The molecule has 3 N–H and O–H groups in total. The van der Waals surface area contributed by atoms with Crippen molar-refractivity contribution in [3.8, 4) is 0 Å². The van der Waals surface area contributed by atoms with Crippen molar-refractivity contribution in [1.29, 1.82) is 0 Å². The summed E-state index contributed by atoms with van der Waals surface area (Å²) in [7, 11) is 0. The Morgan fingerprint density at radius 3 is 2.42 bits per heavy atom. The van der Waals surface area contributed by atoms with Crippen molar-refractivity contribution in [3.05, 3.63) is 42.2 Å². The molecular formula is C23H31N5O4S. The number of ether oxygens (including phenoxy) is 1. The molecule has 0 radical (unpaired) electrons. The molecule has 33 heavy (non-hydrogen) atoms. The number of hydrogen-bond donors (Lipinski definition) is 3. The second-order valence-corrected chi connectivity index (χ2v) is 9.07. The standard InChI is InChI=1S/C23H31N5O4S/c1-3-10-27(11-4-2)20-17-21(25-14-24-20)28(22-19(31)18(30)16(12-29)32-22)23(26-17)33-13-15-8-6-5-7-9-15/h5-9,14,16,18-19,22,29-31H,3-4,10-13H2,1-2H3/t16-,18-,19-,22-/m1/s1. The van der Waals surface area contributed by atoms with Gasteiger partial charge in [0, 0.05) is 18.8 Å². The van der Waals surface area contributed by atoms with Crippen molar-refractivity contribution in [2.75, 3.05) is 24.6 Å². The van der Waals surface area contributed by atoms with E-state index in [0.29, 0.717) is 22.1 Å². The van der Waals surface area contributed by atoms with Crippen molar-refractivity contribution in [1.82, 2.24) is 19.5 Å². The fourth-order valence-corrected chi connectivity index (χ4v) is 5.09. The van der Waals surface area contributed by atoms with E-state index in [1.54, 1.807) is 4.57 Å². The van der Waals surface area contributed by atoms with E-state index in [2.05, 4.69) is 28.7 Å². The van der Waals surface area contributed by atoms with Gasteiger partial charge >= 0.3 is 0 Å². The first-order valence-electron chi connectivity index (χ1n) is 11.4. The van der Waals surface area contributed by atoms with Crippen LogP contribution in [-0.2, 0) is 10.5 Å². The lowest BCUT2D eigenvalue weighted by atomic mass is 10.1. The molecule has 0 bridgehead atoms. The quantitative estimate of drug-likeness (QED) is 0.382. The van der Waals surface area contributed by atoms with Gasteiger partial charge in [-0.3, -0.25) is 4.57 Å². The van der Waals surface area contributed by atoms with Crippen molar-refractivity contribution in [2.24, 2.45) is 0 Å². The molecule has 0 amide bonds. The van der Waals surface area contributed by atoms with Crippen LogP contribution in [0.25, 0.3) is 11.2 Å². The Morgan fingerprint density at radius 1 is 1.06 bits per heavy atom. The van der Waals surface area contributed by atoms with E-state index in [0.717, 1.165) is 37.3 Å². The van der Waals surface area contributed by atoms with Gasteiger partial charge in [-0.2, -0.15) is 0 Å². The fraction of sp³-hybridized carbons (Fsp3) is 0.522. The summed E-state index contributed by atoms with van der Waals surface area (Å²) in [6, 6.07) is 10.0. The molecule has 2 aromatic heterocycles. The van der Waals surface area contributed by atoms with Crippen molar-refractivity contribution < 1.29 is 20.1 Å². The van der Waals surface area contributed by atoms with Crippen LogP contribution in [0.15, 0.2) is 41.8 Å². The topological polar surface area (TPSA) is 117 Å². The van der Waals surface area contributed by atoms with Crippen LogP contribution in [0.3, 0.4) is 0 Å². The Balaban J connectivity index is 1.79. The van der Waals surface area contributed by atoms with Crippen LogP contribution >= 0.6 is 11.8 Å². The predicted molar refractivity (Wildman–Crippen MR) is 127 cm³/mol. The molecule has 3 heterocycles. The zero-order valence-corrected chi connectivity index (χ0v) is 19.7. The Bertz CT molecular complexity index is 1040. The van der Waals surface area contributed by atoms with Gasteiger partial charge in [0.05, 0.1) is 6.61 Å². The van der Waals surface area contributed by atoms with Crippen LogP contribution < -0.4 is 4.90 Å². The summed E-state index contributed by atoms with van der Waals surface area (Å²) < 4.78 is 7.59. The number of benzene rings is 1. The lowest BCUT2D eigenvalue weighted by Crippen LogP contribution is -2.33. The summed E-state index contributed by atoms with van der Waals surface area (Å²) in [6.45, 7) is 5.54. The third kappa shape index (κ3) is 4.85. The van der Waals surface area contributed by atoms with E-state index in [1.165, 1.54) is 18.1 Å². The molecule has 1 fully saturated rings. The molecule has 3 aromatic rings. The summed E-state index contributed by atoms with van der Waals surface area (Å²) in [5.74, 6) is 1.41. The minimum absolute atomic E-state index is 0.394. The largest absolute Gasteiger partial charge is 0.394 e. The van der Waals surface area contributed by atoms with Crippen LogP contribution in [0, 0.1) is 0 Å². The van der Waals surface area contributed by atoms with Crippen molar-refractivity contribution in [3.63, 3.8) is 0 Å². The average Bonchev–Trinajstić information content (AvgIpc) is 3.34. The third-order valence-corrected chi connectivity index (χ3v) is 6.72. The second-order valence-electron chi connectivity index (χ2n) is 8.12. The van der Waals surface area contributed by atoms with Crippen molar-refractivity contribution >= 4 is 28.7 Å². The maximum Gasteiger partial charge on any atom is 0.172 e. The zero-order valence-electron chi connectivity index (χ0n) is 18.9. The lowest BCUT2D eigenvalue weighted by molar-refractivity contribution is -0.0548. The smallest absolute Gasteiger partial charge is 0.172 e. The second kappa shape index (κ2) is 10.8. The molecule has 1 saturated heterocycles. The van der Waals surface area contributed by atoms with Gasteiger partial charge in [0.25, 0.3) is 0 Å². The number of hydrogen-bond acceptors (Lipinski definition) is 9. The number of aliphatic hydroxyl groups excluding tert-OH is 3. The van der Waals surface area contributed by atoms with E-state index in [1.807, 2.05) is 30.3 Å². The van der Waals surface area contributed by atoms with Gasteiger partial charge in [-0.05, 0) is 18.4 Å². The monoisotopic (exact) mass is 473 g/mol. The van der Waals surface area contributed by atoms with Gasteiger partial charge < -0.3 is 25.0 Å². The van der Waals surface area contributed by atoms with E-state index in [-0.39, 0.29) is 0 Å². The van der Waals surface area contributed by atoms with Gasteiger partial charge in [0.1, 0.15) is 24.6 Å². The summed E-state index contributed by atoms with van der Waals surface area (Å²) in [6.07, 6.45) is -0.797. The highest BCUT2D eigenvalue weighted by atomic mass is 32.2. The van der Waals surface area contributed by atoms with E-state index < -0.39 is 31.1 Å². The van der Waals surface area contributed by atoms with E-state index in [9.17, 15) is 15.3 Å². The van der Waals surface area contributed by atoms with Crippen LogP contribution in [0.1, 0.15) is 38.5 Å². The van der Waals surface area contributed by atoms with E-state index >= 15 is 0 Å². The predicted octanol–water partition coefficient (Wildman–Crippen LogP) is 2.36. The number of imidazole rings is 1. The van der Waals surface area contributed by atoms with Crippen LogP contribution in [0.5, 0.6) is 0 Å². The first-order valence-corrected chi connectivity index (χ1v) is 12.3. The molecule has 0 spiro atoms. The summed E-state index contributed by atoms with van der Waals surface area (Å²) in [4.78, 5) is 16.1. The zero-order chi connectivity index (χ0) is 23.4. The molecule has 9 nitrogen and oxygen atoms in total. The van der Waals surface area contributed by atoms with E-state index in [4.69, 9.17) is 9.72 Å². The van der Waals surface area contributed by atoms with Crippen LogP contribution in [0.4, 0.5) is 5.82 Å². The normalized spacial score (nSPS) is 22.8. The van der Waals surface area contributed by atoms with Crippen molar-refractivity contribution in [2.45, 2.75) is 62.1 Å². The number of aromatic nitrogens is 4. The van der Waals surface area contributed by atoms with Gasteiger partial charge in [-0.25, -0.2) is 15.0 Å². The number of nitrogens with zero attached hydrogens (tertiary/aromatic N) is 5. The minimum Gasteiger partial charge on any atom is -0.394 e. The highest BCUT2D eigenvalue weighted by Crippen LogP contribution is 2.38. The van der Waals surface area contributed by atoms with Gasteiger partial charge in [-0.15, -0.1) is 0 Å². The fourth-order valence-electron chi connectivity index (χ4n) is 4.12. The number of anilines is 1. The van der Waals surface area contributed by atoms with Crippen LogP contribution in [-0.4, -0.2) is 72.8 Å². The Kier molecular flexibility index (Phi) is 7.82. The number of fused-ring (bicyclic) bond motifs is 1. The maximum atomic E-state index is 10.7. The molecule has 4 atom stereocenters. The first-order chi connectivity index (χ1) is 16.1. The molecule has 1 aromatic carbocycles. The molecule has 4 rings (SSSR count). The molecule has 10 heteroatoms. The van der Waals surface area contributed by atoms with Crippen LogP contribution in [0.2, 0.25) is 0 Å². The van der Waals surface area contributed by atoms with Gasteiger partial charge in [-0.1, -0.05) is 55.9 Å². The number of thioether (sulfide) groups is 1. The summed E-state index contributed by atoms with van der Waals surface area (Å²) in [5.41, 5.74) is 2.29. The third-order valence-electron chi connectivity index (χ3n) is 5.69. The molecule has 0 aliphatic carbocycles. The summed E-state index contributed by atoms with van der Waals surface area (Å²) >= 11 is 1.50. The Hall–Kier alpha value is -2.24. The SMILES string of the molecule is CCCN(CCC)c1ncnc2c1nc(SCc1ccccc1)n2[C@@H]1O[C@H](CO)[C@@H](O)[C@H]1O. The lowest BCUT2D eigenvalue weighted by Gasteiger charge is -2.22. The molecule has 178 valence electrons. The Morgan fingerprint density at radius 2 is 1.79 bits per heavy atom. The molecule has 0 unspecified atom stereocenters. The van der Waals surface area contributed by atoms with Gasteiger partial charge in [0.15, 0.2) is 28.4 Å². The molecule has 0 saturated carbocycles. The highest BCUT2D eigenvalue weighted by molar-refractivity contribution is 7.98. The van der Waals surface area contributed by atoms with Gasteiger partial charge in [0.2, 0.25) is 0 Å². The molecule has 1 aliphatic heterocycles. The number of aliphatic hydroxyl groups is 3. The Labute approximate surface area is 197 Å².